The van der Waals surface area contributed by atoms with Crippen LogP contribution in [0.15, 0.2) is 48.0 Å². The molecule has 0 amide bonds. The van der Waals surface area contributed by atoms with Crippen LogP contribution < -0.4 is 4.74 Å². The molecule has 1 nitrogen and oxygen atoms in total. The molecule has 0 saturated carbocycles. The highest BCUT2D eigenvalue weighted by Gasteiger charge is 2.08. The second kappa shape index (κ2) is 5.17. The van der Waals surface area contributed by atoms with Gasteiger partial charge in [0.05, 0.1) is 0 Å². The third kappa shape index (κ3) is 3.19. The lowest BCUT2D eigenvalue weighted by molar-refractivity contribution is 0.392. The zero-order valence-electron chi connectivity index (χ0n) is 10.2. The van der Waals surface area contributed by atoms with E-state index in [1.165, 1.54) is 11.6 Å². The van der Waals surface area contributed by atoms with Crippen molar-refractivity contribution in [2.45, 2.75) is 32.6 Å². The lowest BCUT2D eigenvalue weighted by Crippen LogP contribution is -1.99. The average Bonchev–Trinajstić information content (AvgIpc) is 2.33. The van der Waals surface area contributed by atoms with Crippen molar-refractivity contribution in [2.24, 2.45) is 0 Å². The molecule has 0 aliphatic heterocycles. The van der Waals surface area contributed by atoms with Crippen molar-refractivity contribution >= 4 is 0 Å². The minimum absolute atomic E-state index is 0.0764. The third-order valence-corrected chi connectivity index (χ3v) is 2.86. The zero-order valence-corrected chi connectivity index (χ0v) is 10.2. The highest BCUT2D eigenvalue weighted by molar-refractivity contribution is 5.31. The molecule has 0 saturated heterocycles. The maximum Gasteiger partial charge on any atom is 0.126 e. The molecule has 0 N–H and O–H groups in total. The fourth-order valence-electron chi connectivity index (χ4n) is 1.75. The molecule has 0 aromatic heterocycles. The fraction of sp³-hybridized carbons (Fsp3) is 0.333. The van der Waals surface area contributed by atoms with Crippen molar-refractivity contribution < 1.29 is 9.13 Å². The van der Waals surface area contributed by atoms with Gasteiger partial charge in [0, 0.05) is 12.8 Å². The molecule has 0 bridgehead atoms. The molecule has 1 aliphatic rings. The van der Waals surface area contributed by atoms with Crippen LogP contribution in [0, 0.1) is 0 Å². The van der Waals surface area contributed by atoms with E-state index in [4.69, 9.17) is 4.74 Å². The highest BCUT2D eigenvalue weighted by atomic mass is 19.1. The van der Waals surface area contributed by atoms with Crippen molar-refractivity contribution in [3.8, 4) is 5.75 Å². The van der Waals surface area contributed by atoms with Crippen molar-refractivity contribution in [3.05, 3.63) is 53.6 Å². The van der Waals surface area contributed by atoms with Crippen molar-refractivity contribution in [1.29, 1.82) is 0 Å². The van der Waals surface area contributed by atoms with Crippen LogP contribution in [0.1, 0.15) is 38.2 Å². The van der Waals surface area contributed by atoms with Crippen molar-refractivity contribution in [2.75, 3.05) is 0 Å². The minimum atomic E-state index is -0.0764. The van der Waals surface area contributed by atoms with Crippen LogP contribution in [0.25, 0.3) is 0 Å². The Labute approximate surface area is 102 Å². The van der Waals surface area contributed by atoms with E-state index in [-0.39, 0.29) is 5.83 Å². The summed E-state index contributed by atoms with van der Waals surface area (Å²) in [7, 11) is 0. The first-order valence-corrected chi connectivity index (χ1v) is 5.98. The topological polar surface area (TPSA) is 9.23 Å². The van der Waals surface area contributed by atoms with Crippen LogP contribution in [-0.4, -0.2) is 0 Å². The molecule has 0 fully saturated rings. The van der Waals surface area contributed by atoms with Crippen LogP contribution in [0.3, 0.4) is 0 Å². The van der Waals surface area contributed by atoms with E-state index in [9.17, 15) is 4.39 Å². The molecule has 0 heterocycles. The standard InChI is InChI=1S/C15H17FO/c1-11(2)12-3-7-14(8-4-12)17-15-9-5-13(16)6-10-15/h3-5,7-9,11H,6,10H2,1-2H3. The Bertz CT molecular complexity index is 440. The molecule has 1 aliphatic carbocycles. The Hall–Kier alpha value is -1.57. The van der Waals surface area contributed by atoms with Crippen LogP contribution in [0.2, 0.25) is 0 Å². The lowest BCUT2D eigenvalue weighted by atomic mass is 10.0. The smallest absolute Gasteiger partial charge is 0.126 e. The van der Waals surface area contributed by atoms with Crippen LogP contribution in [0.4, 0.5) is 4.39 Å². The maximum absolute atomic E-state index is 12.8. The van der Waals surface area contributed by atoms with Crippen LogP contribution in [0.5, 0.6) is 5.75 Å². The first-order valence-electron chi connectivity index (χ1n) is 5.98. The molecule has 2 rings (SSSR count). The molecule has 90 valence electrons. The Kier molecular flexibility index (Phi) is 3.62. The summed E-state index contributed by atoms with van der Waals surface area (Å²) in [6.45, 7) is 4.32. The van der Waals surface area contributed by atoms with E-state index < -0.39 is 0 Å². The second-order valence-corrected chi connectivity index (χ2v) is 4.57. The average molecular weight is 232 g/mol. The number of allylic oxidation sites excluding steroid dienone is 4. The summed E-state index contributed by atoms with van der Waals surface area (Å²) in [5.41, 5.74) is 1.29. The number of hydrogen-bond donors (Lipinski definition) is 0. The molecule has 0 unspecified atom stereocenters. The van der Waals surface area contributed by atoms with Gasteiger partial charge in [-0.1, -0.05) is 26.0 Å². The molecular formula is C15H17FO. The van der Waals surface area contributed by atoms with E-state index in [0.29, 0.717) is 18.8 Å². The Morgan fingerprint density at radius 2 is 1.76 bits per heavy atom. The number of rotatable bonds is 3. The number of ether oxygens (including phenoxy) is 1. The van der Waals surface area contributed by atoms with E-state index >= 15 is 0 Å². The zero-order chi connectivity index (χ0) is 12.3. The maximum atomic E-state index is 12.8. The van der Waals surface area contributed by atoms with E-state index in [1.54, 1.807) is 6.08 Å². The van der Waals surface area contributed by atoms with Gasteiger partial charge in [0.1, 0.15) is 17.3 Å². The van der Waals surface area contributed by atoms with Gasteiger partial charge in [0.2, 0.25) is 0 Å². The number of benzene rings is 1. The first kappa shape index (κ1) is 11.9. The Morgan fingerprint density at radius 3 is 2.29 bits per heavy atom. The van der Waals surface area contributed by atoms with Gasteiger partial charge < -0.3 is 4.74 Å². The number of halogens is 1. The summed E-state index contributed by atoms with van der Waals surface area (Å²) < 4.78 is 18.5. The predicted octanol–water partition coefficient (Wildman–Crippen LogP) is 4.72. The molecular weight excluding hydrogens is 215 g/mol. The SMILES string of the molecule is CC(C)c1ccc(OC2=CC=C(F)CC2)cc1. The van der Waals surface area contributed by atoms with Crippen LogP contribution >= 0.6 is 0 Å². The van der Waals surface area contributed by atoms with Gasteiger partial charge in [-0.2, -0.15) is 0 Å². The van der Waals surface area contributed by atoms with E-state index in [1.807, 2.05) is 12.1 Å². The molecule has 1 aromatic rings. The second-order valence-electron chi connectivity index (χ2n) is 4.57. The molecule has 0 atom stereocenters. The summed E-state index contributed by atoms with van der Waals surface area (Å²) in [6, 6.07) is 8.06. The van der Waals surface area contributed by atoms with Gasteiger partial charge >= 0.3 is 0 Å². The Morgan fingerprint density at radius 1 is 1.06 bits per heavy atom. The van der Waals surface area contributed by atoms with Gasteiger partial charge in [-0.15, -0.1) is 0 Å². The van der Waals surface area contributed by atoms with Crippen molar-refractivity contribution in [3.63, 3.8) is 0 Å². The largest absolute Gasteiger partial charge is 0.462 e. The lowest BCUT2D eigenvalue weighted by Gasteiger charge is -2.13. The van der Waals surface area contributed by atoms with Gasteiger partial charge in [0.25, 0.3) is 0 Å². The van der Waals surface area contributed by atoms with Gasteiger partial charge in [-0.05, 0) is 35.8 Å². The fourth-order valence-corrected chi connectivity index (χ4v) is 1.75. The minimum Gasteiger partial charge on any atom is -0.462 e. The van der Waals surface area contributed by atoms with Gasteiger partial charge in [-0.3, -0.25) is 0 Å². The summed E-state index contributed by atoms with van der Waals surface area (Å²) in [6.07, 6.45) is 4.25. The summed E-state index contributed by atoms with van der Waals surface area (Å²) >= 11 is 0. The molecule has 17 heavy (non-hydrogen) atoms. The first-order chi connectivity index (χ1) is 8.15. The quantitative estimate of drug-likeness (QED) is 0.732. The van der Waals surface area contributed by atoms with Crippen molar-refractivity contribution in [1.82, 2.24) is 0 Å². The molecule has 0 radical (unpaired) electrons. The summed E-state index contributed by atoms with van der Waals surface area (Å²) in [5.74, 6) is 2.09. The predicted molar refractivity (Wildman–Crippen MR) is 67.7 cm³/mol. The number of hydrogen-bond acceptors (Lipinski definition) is 1. The molecule has 0 spiro atoms. The Balaban J connectivity index is 2.04. The van der Waals surface area contributed by atoms with E-state index in [0.717, 1.165) is 11.5 Å². The highest BCUT2D eigenvalue weighted by Crippen LogP contribution is 2.24. The monoisotopic (exact) mass is 232 g/mol. The normalized spacial score (nSPS) is 15.5. The summed E-state index contributed by atoms with van der Waals surface area (Å²) in [4.78, 5) is 0. The van der Waals surface area contributed by atoms with E-state index in [2.05, 4.69) is 26.0 Å². The van der Waals surface area contributed by atoms with Crippen LogP contribution in [-0.2, 0) is 0 Å². The van der Waals surface area contributed by atoms with Gasteiger partial charge in [-0.25, -0.2) is 4.39 Å². The molecule has 1 aromatic carbocycles. The molecule has 2 heteroatoms. The third-order valence-electron chi connectivity index (χ3n) is 2.86. The summed E-state index contributed by atoms with van der Waals surface area (Å²) in [5, 5.41) is 0. The van der Waals surface area contributed by atoms with Gasteiger partial charge in [0.15, 0.2) is 0 Å².